The molecule has 0 saturated heterocycles. The Kier molecular flexibility index (Phi) is 3.31. The van der Waals surface area contributed by atoms with E-state index >= 15 is 0 Å². The van der Waals surface area contributed by atoms with Gasteiger partial charge < -0.3 is 4.74 Å². The Morgan fingerprint density at radius 1 is 1.08 bits per heavy atom. The molecular formula is C10H20O2. The van der Waals surface area contributed by atoms with Crippen LogP contribution in [0.2, 0.25) is 0 Å². The summed E-state index contributed by atoms with van der Waals surface area (Å²) in [5.74, 6) is -0.127. The van der Waals surface area contributed by atoms with Crippen LogP contribution in [0.5, 0.6) is 0 Å². The van der Waals surface area contributed by atoms with E-state index in [9.17, 15) is 4.79 Å². The molecule has 0 spiro atoms. The molecule has 12 heavy (non-hydrogen) atoms. The lowest BCUT2D eigenvalue weighted by atomic mass is 9.96. The maximum absolute atomic E-state index is 11.3. The second-order valence-electron chi connectivity index (χ2n) is 5.39. The van der Waals surface area contributed by atoms with E-state index < -0.39 is 0 Å². The highest BCUT2D eigenvalue weighted by molar-refractivity contribution is 5.75. The molecule has 2 heteroatoms. The summed E-state index contributed by atoms with van der Waals surface area (Å²) in [5.41, 5.74) is -0.327. The molecule has 0 aliphatic heterocycles. The van der Waals surface area contributed by atoms with Crippen molar-refractivity contribution in [2.75, 3.05) is 6.61 Å². The highest BCUT2D eigenvalue weighted by Gasteiger charge is 2.24. The van der Waals surface area contributed by atoms with Crippen molar-refractivity contribution in [1.82, 2.24) is 0 Å². The average molecular weight is 172 g/mol. The molecule has 0 bridgehead atoms. The third-order valence-electron chi connectivity index (χ3n) is 1.25. The summed E-state index contributed by atoms with van der Waals surface area (Å²) in [6.45, 7) is 12.2. The number of hydrogen-bond acceptors (Lipinski definition) is 2. The highest BCUT2D eigenvalue weighted by Crippen LogP contribution is 2.19. The molecule has 0 rings (SSSR count). The molecule has 0 saturated carbocycles. The summed E-state index contributed by atoms with van der Waals surface area (Å²) in [5, 5.41) is 0. The van der Waals surface area contributed by atoms with Gasteiger partial charge in [-0.15, -0.1) is 0 Å². The van der Waals surface area contributed by atoms with Crippen molar-refractivity contribution in [2.45, 2.75) is 41.5 Å². The van der Waals surface area contributed by atoms with E-state index in [1.807, 2.05) is 41.5 Å². The first-order valence-electron chi connectivity index (χ1n) is 4.30. The molecule has 0 aliphatic carbocycles. The SMILES string of the molecule is CC(C)(C)COC(=O)C(C)(C)C. The second kappa shape index (κ2) is 3.46. The molecule has 0 unspecified atom stereocenters. The number of carbonyl (C=O) groups is 1. The number of ether oxygens (including phenoxy) is 1. The van der Waals surface area contributed by atoms with Crippen LogP contribution in [0.15, 0.2) is 0 Å². The summed E-state index contributed by atoms with van der Waals surface area (Å²) in [7, 11) is 0. The van der Waals surface area contributed by atoms with Gasteiger partial charge in [0.05, 0.1) is 12.0 Å². The van der Waals surface area contributed by atoms with Gasteiger partial charge in [-0.05, 0) is 26.2 Å². The van der Waals surface area contributed by atoms with Crippen LogP contribution < -0.4 is 0 Å². The van der Waals surface area contributed by atoms with Gasteiger partial charge in [0.2, 0.25) is 0 Å². The highest BCUT2D eigenvalue weighted by atomic mass is 16.5. The molecule has 2 nitrogen and oxygen atoms in total. The number of carbonyl (C=O) groups excluding carboxylic acids is 1. The van der Waals surface area contributed by atoms with E-state index in [0.29, 0.717) is 6.61 Å². The summed E-state index contributed by atoms with van der Waals surface area (Å²) < 4.78 is 5.13. The number of rotatable bonds is 1. The van der Waals surface area contributed by atoms with Gasteiger partial charge in [-0.3, -0.25) is 4.79 Å². The fourth-order valence-electron chi connectivity index (χ4n) is 0.499. The summed E-state index contributed by atoms with van der Waals surface area (Å²) in [6, 6.07) is 0. The standard InChI is InChI=1S/C10H20O2/c1-9(2,3)7-12-8(11)10(4,5)6/h7H2,1-6H3. The zero-order chi connectivity index (χ0) is 9.99. The summed E-state index contributed by atoms with van der Waals surface area (Å²) in [6.07, 6.45) is 0. The van der Waals surface area contributed by atoms with Crippen molar-refractivity contribution in [3.8, 4) is 0 Å². The van der Waals surface area contributed by atoms with Gasteiger partial charge in [0.15, 0.2) is 0 Å². The van der Waals surface area contributed by atoms with Crippen molar-refractivity contribution < 1.29 is 9.53 Å². The third-order valence-corrected chi connectivity index (χ3v) is 1.25. The smallest absolute Gasteiger partial charge is 0.311 e. The Bertz CT molecular complexity index is 158. The van der Waals surface area contributed by atoms with Crippen LogP contribution in [0, 0.1) is 10.8 Å². The van der Waals surface area contributed by atoms with Crippen LogP contribution in [0.1, 0.15) is 41.5 Å². The van der Waals surface area contributed by atoms with Crippen molar-refractivity contribution in [3.63, 3.8) is 0 Å². The van der Waals surface area contributed by atoms with Gasteiger partial charge in [0.1, 0.15) is 0 Å². The second-order valence-corrected chi connectivity index (χ2v) is 5.39. The first-order chi connectivity index (χ1) is 5.13. The van der Waals surface area contributed by atoms with Gasteiger partial charge in [-0.25, -0.2) is 0 Å². The maximum Gasteiger partial charge on any atom is 0.311 e. The number of esters is 1. The Hall–Kier alpha value is -0.530. The monoisotopic (exact) mass is 172 g/mol. The largest absolute Gasteiger partial charge is 0.465 e. The molecule has 0 heterocycles. The van der Waals surface area contributed by atoms with Crippen LogP contribution in [-0.2, 0) is 9.53 Å². The van der Waals surface area contributed by atoms with E-state index in [4.69, 9.17) is 4.74 Å². The van der Waals surface area contributed by atoms with Crippen LogP contribution in [-0.4, -0.2) is 12.6 Å². The van der Waals surface area contributed by atoms with Crippen LogP contribution in [0.25, 0.3) is 0 Å². The first kappa shape index (κ1) is 11.5. The third kappa shape index (κ3) is 5.16. The van der Waals surface area contributed by atoms with E-state index in [1.54, 1.807) is 0 Å². The van der Waals surface area contributed by atoms with Crippen LogP contribution >= 0.6 is 0 Å². The van der Waals surface area contributed by atoms with Crippen LogP contribution in [0.3, 0.4) is 0 Å². The minimum Gasteiger partial charge on any atom is -0.465 e. The Labute approximate surface area is 75.3 Å². The molecule has 0 aromatic heterocycles. The van der Waals surface area contributed by atoms with Gasteiger partial charge in [0, 0.05) is 0 Å². The zero-order valence-electron chi connectivity index (χ0n) is 9.02. The molecule has 0 aromatic carbocycles. The lowest BCUT2D eigenvalue weighted by Gasteiger charge is -2.22. The van der Waals surface area contributed by atoms with Gasteiger partial charge in [-0.2, -0.15) is 0 Å². The fraction of sp³-hybridized carbons (Fsp3) is 0.900. The van der Waals surface area contributed by atoms with Crippen LogP contribution in [0.4, 0.5) is 0 Å². The van der Waals surface area contributed by atoms with E-state index in [-0.39, 0.29) is 16.8 Å². The molecule has 0 aliphatic rings. The zero-order valence-corrected chi connectivity index (χ0v) is 9.02. The molecule has 0 atom stereocenters. The molecule has 0 fully saturated rings. The van der Waals surface area contributed by atoms with E-state index in [0.717, 1.165) is 0 Å². The predicted molar refractivity (Wildman–Crippen MR) is 49.9 cm³/mol. The van der Waals surface area contributed by atoms with Gasteiger partial charge in [0.25, 0.3) is 0 Å². The number of hydrogen-bond donors (Lipinski definition) is 0. The maximum atomic E-state index is 11.3. The molecule has 0 amide bonds. The Balaban J connectivity index is 3.90. The van der Waals surface area contributed by atoms with E-state index in [2.05, 4.69) is 0 Å². The molecule has 72 valence electrons. The summed E-state index contributed by atoms with van der Waals surface area (Å²) >= 11 is 0. The molecule has 0 aromatic rings. The minimum absolute atomic E-state index is 0.0565. The Morgan fingerprint density at radius 3 is 1.75 bits per heavy atom. The molecule has 0 radical (unpaired) electrons. The Morgan fingerprint density at radius 2 is 1.50 bits per heavy atom. The van der Waals surface area contributed by atoms with Crippen molar-refractivity contribution >= 4 is 5.97 Å². The lowest BCUT2D eigenvalue weighted by molar-refractivity contribution is -0.155. The quantitative estimate of drug-likeness (QED) is 0.568. The average Bonchev–Trinajstić information content (AvgIpc) is 1.78. The topological polar surface area (TPSA) is 26.3 Å². The molecule has 0 N–H and O–H groups in total. The van der Waals surface area contributed by atoms with Gasteiger partial charge >= 0.3 is 5.97 Å². The lowest BCUT2D eigenvalue weighted by Crippen LogP contribution is -2.27. The normalized spacial score (nSPS) is 12.8. The summed E-state index contributed by atoms with van der Waals surface area (Å²) in [4.78, 5) is 11.3. The fourth-order valence-corrected chi connectivity index (χ4v) is 0.499. The molecular weight excluding hydrogens is 152 g/mol. The first-order valence-corrected chi connectivity index (χ1v) is 4.30. The van der Waals surface area contributed by atoms with Gasteiger partial charge in [-0.1, -0.05) is 20.8 Å². The minimum atomic E-state index is -0.384. The predicted octanol–water partition coefficient (Wildman–Crippen LogP) is 2.62. The van der Waals surface area contributed by atoms with Crippen molar-refractivity contribution in [3.05, 3.63) is 0 Å². The van der Waals surface area contributed by atoms with Crippen molar-refractivity contribution in [1.29, 1.82) is 0 Å². The van der Waals surface area contributed by atoms with E-state index in [1.165, 1.54) is 0 Å². The van der Waals surface area contributed by atoms with Crippen molar-refractivity contribution in [2.24, 2.45) is 10.8 Å².